The van der Waals surface area contributed by atoms with Gasteiger partial charge in [0.2, 0.25) is 5.91 Å². The molecule has 0 saturated carbocycles. The number of amides is 1. The smallest absolute Gasteiger partial charge is 0.303 e. The Morgan fingerprint density at radius 2 is 2.17 bits per heavy atom. The molecule has 1 aromatic rings. The zero-order chi connectivity index (χ0) is 17.7. The summed E-state index contributed by atoms with van der Waals surface area (Å²) in [7, 11) is 4.05. The van der Waals surface area contributed by atoms with Crippen LogP contribution in [0.4, 0.5) is 0 Å². The van der Waals surface area contributed by atoms with Crippen molar-refractivity contribution in [1.82, 2.24) is 19.4 Å². The Kier molecular flexibility index (Phi) is 6.36. The van der Waals surface area contributed by atoms with Gasteiger partial charge in [0.05, 0.1) is 0 Å². The van der Waals surface area contributed by atoms with E-state index in [1.165, 1.54) is 0 Å². The van der Waals surface area contributed by atoms with Crippen molar-refractivity contribution < 1.29 is 14.7 Å². The SMILES string of the molecule is CCc1nccn1CC(=O)N1CC[C@H](N(C)C)[C@H](CCC(=O)O)C1. The minimum absolute atomic E-state index is 0.0835. The maximum absolute atomic E-state index is 12.6. The number of aromatic nitrogens is 2. The van der Waals surface area contributed by atoms with Gasteiger partial charge in [0.15, 0.2) is 0 Å². The molecule has 0 aromatic carbocycles. The Morgan fingerprint density at radius 3 is 2.79 bits per heavy atom. The third-order valence-electron chi connectivity index (χ3n) is 4.86. The van der Waals surface area contributed by atoms with Gasteiger partial charge >= 0.3 is 5.97 Å². The predicted molar refractivity (Wildman–Crippen MR) is 90.6 cm³/mol. The van der Waals surface area contributed by atoms with E-state index < -0.39 is 5.97 Å². The van der Waals surface area contributed by atoms with E-state index in [-0.39, 0.29) is 18.2 Å². The molecule has 2 atom stereocenters. The van der Waals surface area contributed by atoms with Crippen molar-refractivity contribution in [1.29, 1.82) is 0 Å². The van der Waals surface area contributed by atoms with Crippen molar-refractivity contribution in [3.8, 4) is 0 Å². The molecule has 1 saturated heterocycles. The number of imidazole rings is 1. The maximum atomic E-state index is 12.6. The average molecular weight is 336 g/mol. The summed E-state index contributed by atoms with van der Waals surface area (Å²) in [5, 5.41) is 8.97. The second kappa shape index (κ2) is 8.28. The summed E-state index contributed by atoms with van der Waals surface area (Å²) in [5.74, 6) is 0.415. The number of carboxylic acids is 1. The highest BCUT2D eigenvalue weighted by molar-refractivity contribution is 5.76. The van der Waals surface area contributed by atoms with Gasteiger partial charge in [0.1, 0.15) is 12.4 Å². The molecule has 1 fully saturated rings. The second-order valence-electron chi connectivity index (χ2n) is 6.68. The Bertz CT molecular complexity index is 570. The number of hydrogen-bond acceptors (Lipinski definition) is 4. The summed E-state index contributed by atoms with van der Waals surface area (Å²) >= 11 is 0. The van der Waals surface area contributed by atoms with E-state index in [0.717, 1.165) is 25.2 Å². The number of nitrogens with zero attached hydrogens (tertiary/aromatic N) is 4. The normalized spacial score (nSPS) is 21.2. The molecule has 7 nitrogen and oxygen atoms in total. The van der Waals surface area contributed by atoms with Gasteiger partial charge in [-0.1, -0.05) is 6.92 Å². The molecule has 0 unspecified atom stereocenters. The first-order valence-corrected chi connectivity index (χ1v) is 8.58. The Labute approximate surface area is 143 Å². The summed E-state index contributed by atoms with van der Waals surface area (Å²) < 4.78 is 1.90. The van der Waals surface area contributed by atoms with Gasteiger partial charge in [0, 0.05) is 44.4 Å². The molecular formula is C17H28N4O3. The molecule has 0 radical (unpaired) electrons. The fourth-order valence-corrected chi connectivity index (χ4v) is 3.56. The number of aliphatic carboxylic acids is 1. The van der Waals surface area contributed by atoms with Crippen molar-refractivity contribution >= 4 is 11.9 Å². The molecule has 0 bridgehead atoms. The van der Waals surface area contributed by atoms with Gasteiger partial charge in [0.25, 0.3) is 0 Å². The van der Waals surface area contributed by atoms with Crippen molar-refractivity contribution in [3.05, 3.63) is 18.2 Å². The zero-order valence-corrected chi connectivity index (χ0v) is 14.8. The number of carbonyl (C=O) groups is 2. The molecular weight excluding hydrogens is 308 g/mol. The monoisotopic (exact) mass is 336 g/mol. The number of carboxylic acid groups (broad SMARTS) is 1. The molecule has 1 aromatic heterocycles. The van der Waals surface area contributed by atoms with Crippen LogP contribution in [-0.2, 0) is 22.6 Å². The number of rotatable bonds is 7. The van der Waals surface area contributed by atoms with Crippen LogP contribution < -0.4 is 0 Å². The summed E-state index contributed by atoms with van der Waals surface area (Å²) in [6.45, 7) is 3.68. The van der Waals surface area contributed by atoms with Gasteiger partial charge in [-0.3, -0.25) is 9.59 Å². The summed E-state index contributed by atoms with van der Waals surface area (Å²) in [4.78, 5) is 31.8. The topological polar surface area (TPSA) is 78.7 Å². The number of likely N-dealkylation sites (tertiary alicyclic amines) is 1. The maximum Gasteiger partial charge on any atom is 0.303 e. The molecule has 0 spiro atoms. The van der Waals surface area contributed by atoms with Gasteiger partial charge in [-0.05, 0) is 32.9 Å². The molecule has 7 heteroatoms. The highest BCUT2D eigenvalue weighted by Crippen LogP contribution is 2.25. The lowest BCUT2D eigenvalue weighted by Crippen LogP contribution is -2.51. The van der Waals surface area contributed by atoms with Gasteiger partial charge in [-0.2, -0.15) is 0 Å². The van der Waals surface area contributed by atoms with Crippen LogP contribution in [0.2, 0.25) is 0 Å². The van der Waals surface area contributed by atoms with Crippen LogP contribution in [0.5, 0.6) is 0 Å². The molecule has 2 heterocycles. The first-order valence-electron chi connectivity index (χ1n) is 8.58. The van der Waals surface area contributed by atoms with E-state index in [1.54, 1.807) is 6.20 Å². The largest absolute Gasteiger partial charge is 0.481 e. The predicted octanol–water partition coefficient (Wildman–Crippen LogP) is 1.09. The standard InChI is InChI=1S/C17H28N4O3/c1-4-15-18-8-10-20(15)12-16(22)21-9-7-14(19(2)3)13(11-21)5-6-17(23)24/h8,10,13-14H,4-7,9,11-12H2,1-3H3,(H,23,24)/t13-,14+/m1/s1. The van der Waals surface area contributed by atoms with Crippen LogP contribution >= 0.6 is 0 Å². The molecule has 1 amide bonds. The van der Waals surface area contributed by atoms with Gasteiger partial charge in [-0.15, -0.1) is 0 Å². The Hall–Kier alpha value is -1.89. The van der Waals surface area contributed by atoms with Gasteiger partial charge < -0.3 is 19.5 Å². The third-order valence-corrected chi connectivity index (χ3v) is 4.86. The highest BCUT2D eigenvalue weighted by atomic mass is 16.4. The summed E-state index contributed by atoms with van der Waals surface area (Å²) in [6, 6.07) is 0.327. The zero-order valence-electron chi connectivity index (χ0n) is 14.8. The van der Waals surface area contributed by atoms with E-state index in [1.807, 2.05) is 36.7 Å². The molecule has 24 heavy (non-hydrogen) atoms. The number of piperidine rings is 1. The fourth-order valence-electron chi connectivity index (χ4n) is 3.56. The van der Waals surface area contributed by atoms with E-state index in [2.05, 4.69) is 9.88 Å². The molecule has 1 aliphatic heterocycles. The van der Waals surface area contributed by atoms with Crippen molar-refractivity contribution in [2.24, 2.45) is 5.92 Å². The van der Waals surface area contributed by atoms with E-state index in [9.17, 15) is 9.59 Å². The lowest BCUT2D eigenvalue weighted by Gasteiger charge is -2.41. The van der Waals surface area contributed by atoms with Crippen LogP contribution in [0, 0.1) is 5.92 Å². The summed E-state index contributed by atoms with van der Waals surface area (Å²) in [5.41, 5.74) is 0. The minimum atomic E-state index is -0.776. The van der Waals surface area contributed by atoms with E-state index in [4.69, 9.17) is 5.11 Å². The quantitative estimate of drug-likeness (QED) is 0.806. The van der Waals surface area contributed by atoms with E-state index >= 15 is 0 Å². The van der Waals surface area contributed by atoms with Gasteiger partial charge in [-0.25, -0.2) is 4.98 Å². The van der Waals surface area contributed by atoms with Crippen molar-refractivity contribution in [2.75, 3.05) is 27.2 Å². The fraction of sp³-hybridized carbons (Fsp3) is 0.706. The minimum Gasteiger partial charge on any atom is -0.481 e. The van der Waals surface area contributed by atoms with Crippen LogP contribution in [-0.4, -0.2) is 69.6 Å². The molecule has 0 aliphatic carbocycles. The highest BCUT2D eigenvalue weighted by Gasteiger charge is 2.32. The molecule has 1 N–H and O–H groups in total. The van der Waals surface area contributed by atoms with Crippen LogP contribution in [0.3, 0.4) is 0 Å². The lowest BCUT2D eigenvalue weighted by molar-refractivity contribution is -0.137. The van der Waals surface area contributed by atoms with Crippen LogP contribution in [0.15, 0.2) is 12.4 Å². The van der Waals surface area contributed by atoms with Crippen molar-refractivity contribution in [2.45, 2.75) is 45.2 Å². The lowest BCUT2D eigenvalue weighted by atomic mass is 9.87. The number of aryl methyl sites for hydroxylation is 1. The summed E-state index contributed by atoms with van der Waals surface area (Å²) in [6.07, 6.45) is 5.99. The Balaban J connectivity index is 2.00. The molecule has 2 rings (SSSR count). The first-order chi connectivity index (χ1) is 11.4. The van der Waals surface area contributed by atoms with Crippen LogP contribution in [0.25, 0.3) is 0 Å². The molecule has 1 aliphatic rings. The Morgan fingerprint density at radius 1 is 1.42 bits per heavy atom. The van der Waals surface area contributed by atoms with Crippen molar-refractivity contribution in [3.63, 3.8) is 0 Å². The number of hydrogen-bond donors (Lipinski definition) is 1. The first kappa shape index (κ1) is 18.4. The number of carbonyl (C=O) groups excluding carboxylic acids is 1. The van der Waals surface area contributed by atoms with E-state index in [0.29, 0.717) is 25.6 Å². The average Bonchev–Trinajstić information content (AvgIpc) is 2.99. The molecule has 134 valence electrons. The van der Waals surface area contributed by atoms with Crippen LogP contribution in [0.1, 0.15) is 32.0 Å². The second-order valence-corrected chi connectivity index (χ2v) is 6.68. The third kappa shape index (κ3) is 4.56.